The molecule has 25 heavy (non-hydrogen) atoms. The normalized spacial score (nSPS) is 10.6. The number of hydrogen-bond acceptors (Lipinski definition) is 2. The zero-order valence-electron chi connectivity index (χ0n) is 15.3. The second-order valence-corrected chi connectivity index (χ2v) is 6.48. The quantitative estimate of drug-likeness (QED) is 0.753. The van der Waals surface area contributed by atoms with Gasteiger partial charge in [-0.05, 0) is 42.0 Å². The molecule has 0 aromatic heterocycles. The van der Waals surface area contributed by atoms with Crippen molar-refractivity contribution >= 4 is 23.2 Å². The molecular weight excluding hydrogens is 312 g/mol. The van der Waals surface area contributed by atoms with Crippen molar-refractivity contribution in [3.63, 3.8) is 0 Å². The fraction of sp³-hybridized carbons (Fsp3) is 0.333. The summed E-state index contributed by atoms with van der Waals surface area (Å²) in [6.45, 7) is 8.14. The molecule has 2 aromatic carbocycles. The lowest BCUT2D eigenvalue weighted by Gasteiger charge is -2.15. The number of amides is 2. The molecule has 0 unspecified atom stereocenters. The Morgan fingerprint density at radius 2 is 1.64 bits per heavy atom. The smallest absolute Gasteiger partial charge is 0.233 e. The lowest BCUT2D eigenvalue weighted by Crippen LogP contribution is -2.22. The zero-order valence-corrected chi connectivity index (χ0v) is 15.3. The molecule has 0 saturated carbocycles. The third-order valence-corrected chi connectivity index (χ3v) is 4.18. The van der Waals surface area contributed by atoms with Crippen LogP contribution in [0.2, 0.25) is 0 Å². The lowest BCUT2D eigenvalue weighted by molar-refractivity contribution is -0.123. The molecule has 132 valence electrons. The van der Waals surface area contributed by atoms with E-state index in [0.717, 1.165) is 34.5 Å². The number of nitrogens with one attached hydrogen (secondary N) is 2. The van der Waals surface area contributed by atoms with E-state index in [0.29, 0.717) is 5.92 Å². The molecule has 4 heteroatoms. The highest BCUT2D eigenvalue weighted by molar-refractivity contribution is 6.08. The maximum Gasteiger partial charge on any atom is 0.233 e. The lowest BCUT2D eigenvalue weighted by atomic mass is 10.0. The Kier molecular flexibility index (Phi) is 6.34. The van der Waals surface area contributed by atoms with E-state index in [4.69, 9.17) is 0 Å². The van der Waals surface area contributed by atoms with E-state index in [2.05, 4.69) is 24.5 Å². The topological polar surface area (TPSA) is 58.2 Å². The van der Waals surface area contributed by atoms with Gasteiger partial charge < -0.3 is 10.6 Å². The van der Waals surface area contributed by atoms with Gasteiger partial charge in [-0.15, -0.1) is 0 Å². The maximum atomic E-state index is 12.3. The fourth-order valence-electron chi connectivity index (χ4n) is 2.84. The number of benzene rings is 2. The third kappa shape index (κ3) is 4.92. The average molecular weight is 338 g/mol. The zero-order chi connectivity index (χ0) is 18.4. The van der Waals surface area contributed by atoms with Crippen LogP contribution in [0.5, 0.6) is 0 Å². The van der Waals surface area contributed by atoms with E-state index in [1.54, 1.807) is 0 Å². The Morgan fingerprint density at radius 3 is 2.32 bits per heavy atom. The van der Waals surface area contributed by atoms with Crippen molar-refractivity contribution in [1.82, 2.24) is 0 Å². The van der Waals surface area contributed by atoms with Crippen LogP contribution in [-0.4, -0.2) is 11.8 Å². The van der Waals surface area contributed by atoms with E-state index in [-0.39, 0.29) is 18.2 Å². The Balaban J connectivity index is 2.03. The molecule has 0 atom stereocenters. The van der Waals surface area contributed by atoms with Crippen LogP contribution in [0.1, 0.15) is 49.8 Å². The van der Waals surface area contributed by atoms with Crippen molar-refractivity contribution in [2.24, 2.45) is 0 Å². The highest BCUT2D eigenvalue weighted by Crippen LogP contribution is 2.24. The van der Waals surface area contributed by atoms with Crippen molar-refractivity contribution in [2.45, 2.75) is 46.5 Å². The molecule has 0 radical (unpaired) electrons. The van der Waals surface area contributed by atoms with E-state index < -0.39 is 0 Å². The standard InChI is InChI=1S/C21H26N2O2/c1-5-16-10-8-9-15(4)21(16)23-20(25)13-19(24)22-18-12-7-6-11-17(18)14(2)3/h6-12,14H,5,13H2,1-4H3,(H,22,24)(H,23,25). The summed E-state index contributed by atoms with van der Waals surface area (Å²) in [4.78, 5) is 24.5. The van der Waals surface area contributed by atoms with Crippen LogP contribution in [0, 0.1) is 6.92 Å². The average Bonchev–Trinajstić information content (AvgIpc) is 2.56. The molecule has 2 N–H and O–H groups in total. The predicted molar refractivity (Wildman–Crippen MR) is 103 cm³/mol. The van der Waals surface area contributed by atoms with E-state index in [1.807, 2.05) is 56.3 Å². The number of carbonyl (C=O) groups excluding carboxylic acids is 2. The van der Waals surface area contributed by atoms with Crippen LogP contribution in [0.4, 0.5) is 11.4 Å². The minimum Gasteiger partial charge on any atom is -0.325 e. The Morgan fingerprint density at radius 1 is 0.960 bits per heavy atom. The molecule has 0 heterocycles. The molecule has 4 nitrogen and oxygen atoms in total. The van der Waals surface area contributed by atoms with Crippen molar-refractivity contribution < 1.29 is 9.59 Å². The minimum absolute atomic E-state index is 0.204. The Labute approximate surface area is 149 Å². The Hall–Kier alpha value is -2.62. The first-order valence-electron chi connectivity index (χ1n) is 8.69. The summed E-state index contributed by atoms with van der Waals surface area (Å²) >= 11 is 0. The van der Waals surface area contributed by atoms with Gasteiger partial charge >= 0.3 is 0 Å². The highest BCUT2D eigenvalue weighted by Gasteiger charge is 2.14. The molecular formula is C21H26N2O2. The number of aryl methyl sites for hydroxylation is 2. The van der Waals surface area contributed by atoms with Gasteiger partial charge in [-0.2, -0.15) is 0 Å². The summed E-state index contributed by atoms with van der Waals surface area (Å²) in [7, 11) is 0. The SMILES string of the molecule is CCc1cccc(C)c1NC(=O)CC(=O)Nc1ccccc1C(C)C. The molecule has 0 fully saturated rings. The number of rotatable bonds is 6. The van der Waals surface area contributed by atoms with Crippen LogP contribution < -0.4 is 10.6 Å². The van der Waals surface area contributed by atoms with Crippen molar-refractivity contribution in [3.05, 3.63) is 59.2 Å². The van der Waals surface area contributed by atoms with Crippen LogP contribution in [-0.2, 0) is 16.0 Å². The maximum absolute atomic E-state index is 12.3. The number of para-hydroxylation sites is 2. The van der Waals surface area contributed by atoms with Gasteiger partial charge in [-0.25, -0.2) is 0 Å². The van der Waals surface area contributed by atoms with Crippen molar-refractivity contribution in [2.75, 3.05) is 10.6 Å². The first kappa shape index (κ1) is 18.7. The summed E-state index contributed by atoms with van der Waals surface area (Å²) in [6, 6.07) is 13.6. The first-order valence-corrected chi connectivity index (χ1v) is 8.69. The van der Waals surface area contributed by atoms with E-state index in [1.165, 1.54) is 0 Å². The molecule has 0 saturated heterocycles. The monoisotopic (exact) mass is 338 g/mol. The molecule has 2 aromatic rings. The van der Waals surface area contributed by atoms with Crippen LogP contribution in [0.15, 0.2) is 42.5 Å². The summed E-state index contributed by atoms with van der Waals surface area (Å²) in [5.74, 6) is -0.315. The van der Waals surface area contributed by atoms with E-state index >= 15 is 0 Å². The molecule has 0 aliphatic rings. The number of anilines is 2. The minimum atomic E-state index is -0.308. The second kappa shape index (κ2) is 8.47. The number of carbonyl (C=O) groups is 2. The highest BCUT2D eigenvalue weighted by atomic mass is 16.2. The van der Waals surface area contributed by atoms with Gasteiger partial charge in [0, 0.05) is 11.4 Å². The van der Waals surface area contributed by atoms with Crippen molar-refractivity contribution in [3.8, 4) is 0 Å². The molecule has 0 bridgehead atoms. The fourth-order valence-corrected chi connectivity index (χ4v) is 2.84. The largest absolute Gasteiger partial charge is 0.325 e. The summed E-state index contributed by atoms with van der Waals surface area (Å²) in [5.41, 5.74) is 4.70. The second-order valence-electron chi connectivity index (χ2n) is 6.48. The van der Waals surface area contributed by atoms with Gasteiger partial charge in [-0.3, -0.25) is 9.59 Å². The van der Waals surface area contributed by atoms with Crippen molar-refractivity contribution in [1.29, 1.82) is 0 Å². The molecule has 2 rings (SSSR count). The Bertz CT molecular complexity index is 766. The van der Waals surface area contributed by atoms with Gasteiger partial charge in [0.25, 0.3) is 0 Å². The molecule has 0 spiro atoms. The van der Waals surface area contributed by atoms with E-state index in [9.17, 15) is 9.59 Å². The van der Waals surface area contributed by atoms with Crippen LogP contribution in [0.3, 0.4) is 0 Å². The summed E-state index contributed by atoms with van der Waals surface area (Å²) in [6.07, 6.45) is 0.620. The molecule has 2 amide bonds. The first-order chi connectivity index (χ1) is 11.9. The number of hydrogen-bond donors (Lipinski definition) is 2. The molecule has 0 aliphatic carbocycles. The van der Waals surface area contributed by atoms with Gasteiger partial charge in [0.05, 0.1) is 0 Å². The van der Waals surface area contributed by atoms with Crippen LogP contribution in [0.25, 0.3) is 0 Å². The van der Waals surface area contributed by atoms with Gasteiger partial charge in [-0.1, -0.05) is 57.2 Å². The van der Waals surface area contributed by atoms with Crippen LogP contribution >= 0.6 is 0 Å². The van der Waals surface area contributed by atoms with Gasteiger partial charge in [0.1, 0.15) is 6.42 Å². The third-order valence-electron chi connectivity index (χ3n) is 4.18. The summed E-state index contributed by atoms with van der Waals surface area (Å²) in [5, 5.41) is 5.74. The van der Waals surface area contributed by atoms with Gasteiger partial charge in [0.15, 0.2) is 0 Å². The van der Waals surface area contributed by atoms with Gasteiger partial charge in [0.2, 0.25) is 11.8 Å². The molecule has 0 aliphatic heterocycles. The predicted octanol–water partition coefficient (Wildman–Crippen LogP) is 4.65. The summed E-state index contributed by atoms with van der Waals surface area (Å²) < 4.78 is 0.